The first kappa shape index (κ1) is 8.43. The molecule has 2 unspecified atom stereocenters. The normalized spacial score (nSPS) is 10.0. The molecule has 10 heavy (non-hydrogen) atoms. The summed E-state index contributed by atoms with van der Waals surface area (Å²) in [7, 11) is 0. The van der Waals surface area contributed by atoms with Crippen LogP contribution in [-0.4, -0.2) is 33.7 Å². The zero-order valence-corrected chi connectivity index (χ0v) is 11.2. The van der Waals surface area contributed by atoms with Crippen molar-refractivity contribution in [1.82, 2.24) is 0 Å². The van der Waals surface area contributed by atoms with Crippen LogP contribution in [-0.2, 0) is 0 Å². The van der Waals surface area contributed by atoms with E-state index in [0.29, 0.717) is 0 Å². The van der Waals surface area contributed by atoms with E-state index in [9.17, 15) is 0 Å². The molecule has 0 saturated carbocycles. The second-order valence-electron chi connectivity index (χ2n) is 2.57. The van der Waals surface area contributed by atoms with E-state index in [1.165, 1.54) is 19.8 Å². The van der Waals surface area contributed by atoms with Gasteiger partial charge in [-0.25, -0.2) is 0 Å². The van der Waals surface area contributed by atoms with Crippen molar-refractivity contribution in [2.24, 2.45) is 0 Å². The summed E-state index contributed by atoms with van der Waals surface area (Å²) >= 11 is 3.44. The van der Waals surface area contributed by atoms with Gasteiger partial charge in [0.05, 0.1) is 0 Å². The molecule has 0 aliphatic heterocycles. The van der Waals surface area contributed by atoms with Gasteiger partial charge in [-0.05, 0) is 0 Å². The third kappa shape index (κ3) is 1.68. The third-order valence-corrected chi connectivity index (χ3v) is 4.23. The van der Waals surface area contributed by atoms with E-state index < -0.39 is 0 Å². The average molecular weight is 258 g/mol. The van der Waals surface area contributed by atoms with Gasteiger partial charge < -0.3 is 0 Å². The molecule has 0 radical (unpaired) electrons. The minimum absolute atomic E-state index is 1.43. The fraction of sp³-hybridized carbons (Fsp3) is 0.250. The standard InChI is InChI=1S/C8H12As2/c1-5-3-7(9)4-6(2)8(5)10/h3-4H,9-10H2,1-2H3. The summed E-state index contributed by atoms with van der Waals surface area (Å²) in [6.07, 6.45) is 0. The molecule has 1 rings (SSSR count). The second-order valence-corrected chi connectivity index (χ2v) is 5.18. The summed E-state index contributed by atoms with van der Waals surface area (Å²) in [4.78, 5) is 0. The summed E-state index contributed by atoms with van der Waals surface area (Å²) < 4.78 is 2.93. The fourth-order valence-electron chi connectivity index (χ4n) is 1.01. The van der Waals surface area contributed by atoms with Crippen LogP contribution in [0.15, 0.2) is 12.1 Å². The number of hydrogen-bond donors (Lipinski definition) is 0. The minimum atomic E-state index is 1.43. The number of rotatable bonds is 0. The van der Waals surface area contributed by atoms with Gasteiger partial charge in [0.25, 0.3) is 0 Å². The van der Waals surface area contributed by atoms with E-state index in [1.807, 2.05) is 0 Å². The molecule has 0 heterocycles. The monoisotopic (exact) mass is 258 g/mol. The SMILES string of the molecule is Cc1cc([AsH2])cc(C)c1[AsH2]. The Morgan fingerprint density at radius 3 is 1.80 bits per heavy atom. The quantitative estimate of drug-likeness (QED) is 0.514. The molecule has 0 bridgehead atoms. The van der Waals surface area contributed by atoms with Crippen molar-refractivity contribution < 1.29 is 0 Å². The molecule has 0 spiro atoms. The molecular formula is C8H12As2. The predicted molar refractivity (Wildman–Crippen MR) is 52.3 cm³/mol. The van der Waals surface area contributed by atoms with Crippen LogP contribution in [0.5, 0.6) is 0 Å². The van der Waals surface area contributed by atoms with Gasteiger partial charge in [0, 0.05) is 0 Å². The molecule has 1 aromatic rings. The van der Waals surface area contributed by atoms with E-state index in [2.05, 4.69) is 26.0 Å². The first-order valence-corrected chi connectivity index (χ1v) is 5.65. The summed E-state index contributed by atoms with van der Waals surface area (Å²) in [6, 6.07) is 4.54. The van der Waals surface area contributed by atoms with E-state index in [0.717, 1.165) is 0 Å². The molecule has 0 amide bonds. The van der Waals surface area contributed by atoms with Crippen LogP contribution < -0.4 is 8.70 Å². The van der Waals surface area contributed by atoms with Crippen molar-refractivity contribution in [2.45, 2.75) is 13.8 Å². The molecule has 2 heteroatoms. The van der Waals surface area contributed by atoms with Crippen LogP contribution in [0.3, 0.4) is 0 Å². The Morgan fingerprint density at radius 2 is 1.40 bits per heavy atom. The van der Waals surface area contributed by atoms with Crippen molar-refractivity contribution >= 4 is 42.4 Å². The predicted octanol–water partition coefficient (Wildman–Crippen LogP) is -1.18. The number of benzene rings is 1. The Bertz CT molecular complexity index is 230. The van der Waals surface area contributed by atoms with Crippen LogP contribution in [0.1, 0.15) is 11.1 Å². The van der Waals surface area contributed by atoms with Gasteiger partial charge in [0.1, 0.15) is 0 Å². The van der Waals surface area contributed by atoms with Gasteiger partial charge in [-0.15, -0.1) is 0 Å². The van der Waals surface area contributed by atoms with Crippen LogP contribution in [0.25, 0.3) is 0 Å². The number of hydrogen-bond acceptors (Lipinski definition) is 0. The van der Waals surface area contributed by atoms with Gasteiger partial charge in [0.15, 0.2) is 0 Å². The van der Waals surface area contributed by atoms with Crippen molar-refractivity contribution in [3.63, 3.8) is 0 Å². The first-order chi connectivity index (χ1) is 4.61. The molecular weight excluding hydrogens is 246 g/mol. The third-order valence-electron chi connectivity index (χ3n) is 1.62. The van der Waals surface area contributed by atoms with Crippen LogP contribution in [0, 0.1) is 13.8 Å². The Morgan fingerprint density at radius 1 is 1.00 bits per heavy atom. The van der Waals surface area contributed by atoms with Gasteiger partial charge in [-0.3, -0.25) is 0 Å². The topological polar surface area (TPSA) is 0 Å². The summed E-state index contributed by atoms with van der Waals surface area (Å²) in [5.41, 5.74) is 2.89. The molecule has 0 aliphatic rings. The number of aryl methyl sites for hydroxylation is 2. The van der Waals surface area contributed by atoms with Gasteiger partial charge in [-0.2, -0.15) is 0 Å². The van der Waals surface area contributed by atoms with Crippen molar-refractivity contribution in [3.8, 4) is 0 Å². The molecule has 2 atom stereocenters. The maximum absolute atomic E-state index is 2.27. The zero-order chi connectivity index (χ0) is 7.72. The Labute approximate surface area is 79.4 Å². The van der Waals surface area contributed by atoms with Gasteiger partial charge in [-0.1, -0.05) is 0 Å². The molecule has 0 N–H and O–H groups in total. The molecule has 0 fully saturated rings. The first-order valence-electron chi connectivity index (χ1n) is 3.23. The summed E-state index contributed by atoms with van der Waals surface area (Å²) in [5, 5.41) is 0. The van der Waals surface area contributed by atoms with Crippen LogP contribution in [0.4, 0.5) is 0 Å². The Kier molecular flexibility index (Phi) is 2.66. The van der Waals surface area contributed by atoms with E-state index in [1.54, 1.807) is 33.7 Å². The maximum atomic E-state index is 2.27. The average Bonchev–Trinajstić information content (AvgIpc) is 1.82. The van der Waals surface area contributed by atoms with E-state index in [-0.39, 0.29) is 0 Å². The Balaban J connectivity index is 3.31. The Hall–Kier alpha value is 0.337. The van der Waals surface area contributed by atoms with Crippen molar-refractivity contribution in [3.05, 3.63) is 23.3 Å². The van der Waals surface area contributed by atoms with Crippen LogP contribution >= 0.6 is 0 Å². The molecule has 0 aromatic heterocycles. The van der Waals surface area contributed by atoms with Crippen LogP contribution in [0.2, 0.25) is 0 Å². The van der Waals surface area contributed by atoms with Crippen molar-refractivity contribution in [2.75, 3.05) is 0 Å². The zero-order valence-electron chi connectivity index (χ0n) is 6.31. The fourth-order valence-corrected chi connectivity index (χ4v) is 2.41. The van der Waals surface area contributed by atoms with E-state index in [4.69, 9.17) is 0 Å². The molecule has 0 aliphatic carbocycles. The molecule has 1 aromatic carbocycles. The summed E-state index contributed by atoms with van der Waals surface area (Å²) in [5.74, 6) is 0. The summed E-state index contributed by atoms with van der Waals surface area (Å²) in [6.45, 7) is 4.38. The van der Waals surface area contributed by atoms with Gasteiger partial charge in [0.2, 0.25) is 0 Å². The van der Waals surface area contributed by atoms with Crippen molar-refractivity contribution in [1.29, 1.82) is 0 Å². The second kappa shape index (κ2) is 3.16. The molecule has 0 nitrogen and oxygen atoms in total. The molecule has 54 valence electrons. The van der Waals surface area contributed by atoms with Gasteiger partial charge >= 0.3 is 79.5 Å². The van der Waals surface area contributed by atoms with E-state index >= 15 is 0 Å². The molecule has 0 saturated heterocycles.